The van der Waals surface area contributed by atoms with E-state index in [0.717, 1.165) is 18.2 Å². The number of halogens is 1. The van der Waals surface area contributed by atoms with Crippen LogP contribution in [0, 0.1) is 5.82 Å². The third-order valence-corrected chi connectivity index (χ3v) is 3.99. The van der Waals surface area contributed by atoms with Crippen molar-refractivity contribution < 1.29 is 38.1 Å². The maximum absolute atomic E-state index is 14.6. The van der Waals surface area contributed by atoms with Crippen molar-refractivity contribution in [3.63, 3.8) is 0 Å². The van der Waals surface area contributed by atoms with Gasteiger partial charge in [0.1, 0.15) is 17.2 Å². The van der Waals surface area contributed by atoms with E-state index in [0.29, 0.717) is 11.3 Å². The Bertz CT molecular complexity index is 868. The lowest BCUT2D eigenvalue weighted by Gasteiger charge is -2.20. The van der Waals surface area contributed by atoms with E-state index in [9.17, 15) is 23.6 Å². The molecule has 1 aliphatic heterocycles. The fourth-order valence-electron chi connectivity index (χ4n) is 2.76. The van der Waals surface area contributed by atoms with Gasteiger partial charge in [0.05, 0.1) is 12.3 Å². The number of carboxylic acids is 1. The van der Waals surface area contributed by atoms with Gasteiger partial charge < -0.3 is 14.6 Å². The Labute approximate surface area is 173 Å². The van der Waals surface area contributed by atoms with Gasteiger partial charge in [-0.1, -0.05) is 0 Å². The molecule has 0 radical (unpaired) electrons. The van der Waals surface area contributed by atoms with Crippen molar-refractivity contribution in [3.05, 3.63) is 35.7 Å². The molecule has 1 heterocycles. The number of hydrogen-bond acceptors (Lipinski definition) is 6. The van der Waals surface area contributed by atoms with Gasteiger partial charge in [0.2, 0.25) is 0 Å². The number of carbonyl (C=O) groups excluding carboxylic acids is 3. The minimum absolute atomic E-state index is 0.00588. The van der Waals surface area contributed by atoms with E-state index < -0.39 is 35.2 Å². The normalized spacial score (nSPS) is 13.7. The first-order chi connectivity index (χ1) is 14.0. The number of imide groups is 1. The van der Waals surface area contributed by atoms with Gasteiger partial charge in [-0.15, -0.1) is 0 Å². The molecular formula is C21H24FNO7. The molecule has 8 nitrogen and oxygen atoms in total. The average molecular weight is 421 g/mol. The van der Waals surface area contributed by atoms with E-state index in [-0.39, 0.29) is 42.9 Å². The predicted molar refractivity (Wildman–Crippen MR) is 105 cm³/mol. The van der Waals surface area contributed by atoms with Crippen LogP contribution in [0.4, 0.5) is 10.1 Å². The number of nitrogens with zero attached hydrogens (tertiary/aromatic N) is 1. The summed E-state index contributed by atoms with van der Waals surface area (Å²) in [5.74, 6) is -3.53. The van der Waals surface area contributed by atoms with Crippen LogP contribution in [0.2, 0.25) is 0 Å². The summed E-state index contributed by atoms with van der Waals surface area (Å²) in [7, 11) is 0. The number of anilines is 1. The Morgan fingerprint density at radius 2 is 1.73 bits per heavy atom. The number of aryl methyl sites for hydroxylation is 1. The number of amides is 2. The summed E-state index contributed by atoms with van der Waals surface area (Å²) in [6, 6.07) is 2.25. The Morgan fingerprint density at radius 1 is 1.10 bits per heavy atom. The first kappa shape index (κ1) is 23.1. The van der Waals surface area contributed by atoms with Gasteiger partial charge in [-0.05, 0) is 45.2 Å². The summed E-state index contributed by atoms with van der Waals surface area (Å²) in [4.78, 5) is 47.1. The van der Waals surface area contributed by atoms with Gasteiger partial charge in [-0.3, -0.25) is 19.2 Å². The fourth-order valence-corrected chi connectivity index (χ4v) is 2.76. The van der Waals surface area contributed by atoms with Crippen molar-refractivity contribution in [1.82, 2.24) is 0 Å². The molecule has 1 aromatic carbocycles. The molecule has 0 unspecified atom stereocenters. The molecule has 0 aliphatic carbocycles. The van der Waals surface area contributed by atoms with Crippen LogP contribution in [-0.4, -0.2) is 41.1 Å². The number of carbonyl (C=O) groups is 4. The highest BCUT2D eigenvalue weighted by Crippen LogP contribution is 2.32. The van der Waals surface area contributed by atoms with Crippen LogP contribution in [0.25, 0.3) is 0 Å². The van der Waals surface area contributed by atoms with E-state index in [2.05, 4.69) is 0 Å². The molecule has 1 aromatic rings. The number of ether oxygens (including phenoxy) is 2. The van der Waals surface area contributed by atoms with Crippen LogP contribution in [0.15, 0.2) is 24.3 Å². The standard InChI is InChI=1S/C21H24FNO7/c1-21(2,3)30-20(28)5-4-10-29-16-12-15(23-17(24)7-8-18(23)25)14(22)11-13(16)6-9-19(26)27/h7-8,11-12H,4-6,9-10H2,1-3H3,(H,26,27). The zero-order valence-electron chi connectivity index (χ0n) is 17.1. The molecule has 1 aliphatic rings. The van der Waals surface area contributed by atoms with Crippen molar-refractivity contribution in [2.75, 3.05) is 11.5 Å². The molecule has 9 heteroatoms. The quantitative estimate of drug-likeness (QED) is 0.371. The molecule has 0 spiro atoms. The van der Waals surface area contributed by atoms with E-state index in [1.165, 1.54) is 6.07 Å². The summed E-state index contributed by atoms with van der Waals surface area (Å²) in [6.07, 6.45) is 2.21. The summed E-state index contributed by atoms with van der Waals surface area (Å²) in [5.41, 5.74) is -0.601. The minimum atomic E-state index is -1.07. The zero-order valence-corrected chi connectivity index (χ0v) is 17.1. The summed E-state index contributed by atoms with van der Waals surface area (Å²) < 4.78 is 25.4. The number of benzene rings is 1. The van der Waals surface area contributed by atoms with Crippen LogP contribution >= 0.6 is 0 Å². The van der Waals surface area contributed by atoms with E-state index in [1.807, 2.05) is 0 Å². The summed E-state index contributed by atoms with van der Waals surface area (Å²) >= 11 is 0. The Kier molecular flexibility index (Phi) is 7.31. The first-order valence-electron chi connectivity index (χ1n) is 9.43. The number of aliphatic carboxylic acids is 1. The third-order valence-electron chi connectivity index (χ3n) is 3.99. The Hall–Kier alpha value is -3.23. The molecule has 30 heavy (non-hydrogen) atoms. The van der Waals surface area contributed by atoms with Crippen LogP contribution in [0.1, 0.15) is 45.6 Å². The molecule has 2 rings (SSSR count). The third kappa shape index (κ3) is 6.40. The highest BCUT2D eigenvalue weighted by atomic mass is 19.1. The summed E-state index contributed by atoms with van der Waals surface area (Å²) in [6.45, 7) is 5.34. The smallest absolute Gasteiger partial charge is 0.306 e. The maximum atomic E-state index is 14.6. The molecule has 0 saturated heterocycles. The molecule has 0 fully saturated rings. The lowest BCUT2D eigenvalue weighted by molar-refractivity contribution is -0.155. The van der Waals surface area contributed by atoms with Gasteiger partial charge in [-0.25, -0.2) is 9.29 Å². The highest BCUT2D eigenvalue weighted by molar-refractivity contribution is 6.28. The largest absolute Gasteiger partial charge is 0.493 e. The maximum Gasteiger partial charge on any atom is 0.306 e. The molecule has 0 saturated carbocycles. The average Bonchev–Trinajstić information content (AvgIpc) is 2.95. The second-order valence-corrected chi connectivity index (χ2v) is 7.69. The lowest BCUT2D eigenvalue weighted by Crippen LogP contribution is -2.30. The number of rotatable bonds is 9. The second-order valence-electron chi connectivity index (χ2n) is 7.69. The molecule has 0 atom stereocenters. The monoisotopic (exact) mass is 421 g/mol. The molecule has 0 bridgehead atoms. The van der Waals surface area contributed by atoms with Crippen molar-refractivity contribution in [1.29, 1.82) is 0 Å². The molecule has 162 valence electrons. The van der Waals surface area contributed by atoms with Gasteiger partial charge in [0.25, 0.3) is 11.8 Å². The fraction of sp³-hybridized carbons (Fsp3) is 0.429. The first-order valence-corrected chi connectivity index (χ1v) is 9.43. The molecule has 1 N–H and O–H groups in total. The van der Waals surface area contributed by atoms with E-state index >= 15 is 0 Å². The number of esters is 1. The molecular weight excluding hydrogens is 397 g/mol. The zero-order chi connectivity index (χ0) is 22.5. The Morgan fingerprint density at radius 3 is 2.30 bits per heavy atom. The van der Waals surface area contributed by atoms with Gasteiger partial charge in [0.15, 0.2) is 0 Å². The second kappa shape index (κ2) is 9.51. The highest BCUT2D eigenvalue weighted by Gasteiger charge is 2.29. The SMILES string of the molecule is CC(C)(C)OC(=O)CCCOc1cc(N2C(=O)C=CC2=O)c(F)cc1CCC(=O)O. The van der Waals surface area contributed by atoms with Crippen molar-refractivity contribution in [2.45, 2.75) is 52.1 Å². The van der Waals surface area contributed by atoms with Crippen LogP contribution in [0.3, 0.4) is 0 Å². The van der Waals surface area contributed by atoms with E-state index in [4.69, 9.17) is 14.6 Å². The topological polar surface area (TPSA) is 110 Å². The predicted octanol–water partition coefficient (Wildman–Crippen LogP) is 2.77. The number of hydrogen-bond donors (Lipinski definition) is 1. The van der Waals surface area contributed by atoms with Gasteiger partial charge in [0, 0.05) is 31.1 Å². The summed E-state index contributed by atoms with van der Waals surface area (Å²) in [5, 5.41) is 8.91. The van der Waals surface area contributed by atoms with Crippen molar-refractivity contribution in [3.8, 4) is 5.75 Å². The number of carboxylic acid groups (broad SMARTS) is 1. The van der Waals surface area contributed by atoms with Crippen LogP contribution in [-0.2, 0) is 30.3 Å². The molecule has 2 amide bonds. The van der Waals surface area contributed by atoms with Crippen molar-refractivity contribution >= 4 is 29.4 Å². The van der Waals surface area contributed by atoms with Gasteiger partial charge in [-0.2, -0.15) is 0 Å². The van der Waals surface area contributed by atoms with Crippen molar-refractivity contribution in [2.24, 2.45) is 0 Å². The lowest BCUT2D eigenvalue weighted by atomic mass is 10.1. The van der Waals surface area contributed by atoms with Crippen LogP contribution in [0.5, 0.6) is 5.75 Å². The Balaban J connectivity index is 2.14. The van der Waals surface area contributed by atoms with Gasteiger partial charge >= 0.3 is 11.9 Å². The molecule has 0 aromatic heterocycles. The van der Waals surface area contributed by atoms with Crippen LogP contribution < -0.4 is 9.64 Å². The minimum Gasteiger partial charge on any atom is -0.493 e. The van der Waals surface area contributed by atoms with E-state index in [1.54, 1.807) is 20.8 Å².